The molecule has 4 rings (SSSR count). The minimum absolute atomic E-state index is 0.138. The van der Waals surface area contributed by atoms with Crippen LogP contribution in [-0.2, 0) is 14.6 Å². The van der Waals surface area contributed by atoms with Crippen LogP contribution in [0.25, 0.3) is 0 Å². The Morgan fingerprint density at radius 2 is 1.35 bits per heavy atom. The molecular formula is C27H30O3Si. The first-order valence-corrected chi connectivity index (χ1v) is 12.8. The van der Waals surface area contributed by atoms with Gasteiger partial charge in [-0.05, 0) is 27.4 Å². The predicted octanol–water partition coefficient (Wildman–Crippen LogP) is 4.61. The first kappa shape index (κ1) is 21.5. The molecule has 3 nitrogen and oxygen atoms in total. The van der Waals surface area contributed by atoms with E-state index < -0.39 is 25.6 Å². The lowest BCUT2D eigenvalue weighted by Gasteiger charge is -2.44. The molecule has 0 saturated heterocycles. The zero-order chi connectivity index (χ0) is 22.1. The van der Waals surface area contributed by atoms with Crippen molar-refractivity contribution in [3.63, 3.8) is 0 Å². The van der Waals surface area contributed by atoms with Gasteiger partial charge in [-0.2, -0.15) is 0 Å². The number of carbonyl (C=O) groups is 1. The first-order valence-electron chi connectivity index (χ1n) is 10.8. The molecule has 2 atom stereocenters. The van der Waals surface area contributed by atoms with Crippen LogP contribution in [-0.4, -0.2) is 26.0 Å². The summed E-state index contributed by atoms with van der Waals surface area (Å²) in [6, 6.07) is 31.0. The lowest BCUT2D eigenvalue weighted by Crippen LogP contribution is -2.67. The van der Waals surface area contributed by atoms with E-state index in [0.29, 0.717) is 13.0 Å². The van der Waals surface area contributed by atoms with Crippen LogP contribution in [0.15, 0.2) is 91.0 Å². The molecule has 4 heteroatoms. The van der Waals surface area contributed by atoms with Gasteiger partial charge in [0.2, 0.25) is 0 Å². The monoisotopic (exact) mass is 430 g/mol. The van der Waals surface area contributed by atoms with E-state index in [1.54, 1.807) is 0 Å². The van der Waals surface area contributed by atoms with Crippen LogP contribution in [0.1, 0.15) is 32.8 Å². The molecule has 3 aromatic carbocycles. The molecule has 1 fully saturated rings. The molecule has 3 aromatic rings. The second kappa shape index (κ2) is 8.10. The van der Waals surface area contributed by atoms with Crippen LogP contribution in [0.3, 0.4) is 0 Å². The highest BCUT2D eigenvalue weighted by Gasteiger charge is 2.61. The van der Waals surface area contributed by atoms with Gasteiger partial charge in [0.25, 0.3) is 8.32 Å². The van der Waals surface area contributed by atoms with Crippen LogP contribution in [0.4, 0.5) is 0 Å². The number of aliphatic carboxylic acids is 1. The van der Waals surface area contributed by atoms with Crippen molar-refractivity contribution < 1.29 is 14.3 Å². The Hall–Kier alpha value is -2.69. The molecule has 31 heavy (non-hydrogen) atoms. The second-order valence-electron chi connectivity index (χ2n) is 9.57. The summed E-state index contributed by atoms with van der Waals surface area (Å²) in [4.78, 5) is 12.0. The molecule has 0 heterocycles. The molecule has 1 aliphatic carbocycles. The topological polar surface area (TPSA) is 46.5 Å². The molecule has 160 valence electrons. The maximum absolute atomic E-state index is 12.0. The maximum Gasteiger partial charge on any atom is 0.307 e. The Balaban J connectivity index is 1.81. The Labute approximate surface area is 185 Å². The number of benzene rings is 3. The van der Waals surface area contributed by atoms with Gasteiger partial charge in [0.1, 0.15) is 0 Å². The summed E-state index contributed by atoms with van der Waals surface area (Å²) in [5.74, 6) is -1.15. The molecule has 0 unspecified atom stereocenters. The maximum atomic E-state index is 12.0. The zero-order valence-corrected chi connectivity index (χ0v) is 19.4. The van der Waals surface area contributed by atoms with Gasteiger partial charge in [-0.3, -0.25) is 4.79 Å². The average molecular weight is 431 g/mol. The highest BCUT2D eigenvalue weighted by Crippen LogP contribution is 2.55. The van der Waals surface area contributed by atoms with E-state index in [4.69, 9.17) is 4.43 Å². The number of rotatable bonds is 7. The van der Waals surface area contributed by atoms with Crippen molar-refractivity contribution in [2.24, 2.45) is 5.92 Å². The van der Waals surface area contributed by atoms with E-state index in [0.717, 1.165) is 5.56 Å². The Morgan fingerprint density at radius 1 is 0.903 bits per heavy atom. The summed E-state index contributed by atoms with van der Waals surface area (Å²) in [5.41, 5.74) is 0.584. The average Bonchev–Trinajstić information content (AvgIpc) is 3.52. The van der Waals surface area contributed by atoms with Gasteiger partial charge in [0.15, 0.2) is 0 Å². The summed E-state index contributed by atoms with van der Waals surface area (Å²) in [5, 5.41) is 12.1. The quantitative estimate of drug-likeness (QED) is 0.557. The smallest absolute Gasteiger partial charge is 0.307 e. The minimum Gasteiger partial charge on any atom is -0.481 e. The van der Waals surface area contributed by atoms with Gasteiger partial charge in [-0.25, -0.2) is 0 Å². The van der Waals surface area contributed by atoms with Gasteiger partial charge >= 0.3 is 5.97 Å². The zero-order valence-electron chi connectivity index (χ0n) is 18.4. The molecule has 0 bridgehead atoms. The normalized spacial score (nSPS) is 20.9. The van der Waals surface area contributed by atoms with Gasteiger partial charge in [0, 0.05) is 12.0 Å². The van der Waals surface area contributed by atoms with E-state index in [9.17, 15) is 9.90 Å². The fourth-order valence-corrected chi connectivity index (χ4v) is 9.59. The lowest BCUT2D eigenvalue weighted by molar-refractivity contribution is -0.139. The fourth-order valence-electron chi connectivity index (χ4n) is 4.96. The second-order valence-corrected chi connectivity index (χ2v) is 13.9. The van der Waals surface area contributed by atoms with Crippen molar-refractivity contribution >= 4 is 24.7 Å². The molecular weight excluding hydrogens is 400 g/mol. The van der Waals surface area contributed by atoms with E-state index in [2.05, 4.69) is 69.3 Å². The summed E-state index contributed by atoms with van der Waals surface area (Å²) in [6.45, 7) is 7.14. The van der Waals surface area contributed by atoms with Gasteiger partial charge in [-0.1, -0.05) is 112 Å². The molecule has 1 N–H and O–H groups in total. The third kappa shape index (κ3) is 3.75. The van der Waals surface area contributed by atoms with E-state index in [-0.39, 0.29) is 5.04 Å². The summed E-state index contributed by atoms with van der Waals surface area (Å²) in [6.07, 6.45) is 0.616. The van der Waals surface area contributed by atoms with E-state index >= 15 is 0 Å². The van der Waals surface area contributed by atoms with Gasteiger partial charge < -0.3 is 9.53 Å². The number of carboxylic acids is 1. The molecule has 1 aliphatic rings. The van der Waals surface area contributed by atoms with Crippen molar-refractivity contribution in [2.45, 2.75) is 37.6 Å². The molecule has 1 saturated carbocycles. The third-order valence-electron chi connectivity index (χ3n) is 6.69. The highest BCUT2D eigenvalue weighted by molar-refractivity contribution is 6.99. The van der Waals surface area contributed by atoms with Crippen molar-refractivity contribution in [2.75, 3.05) is 6.61 Å². The Bertz CT molecular complexity index is 989. The largest absolute Gasteiger partial charge is 0.481 e. The first-order chi connectivity index (χ1) is 14.8. The molecule has 0 spiro atoms. The van der Waals surface area contributed by atoms with Crippen LogP contribution in [0.5, 0.6) is 0 Å². The summed E-state index contributed by atoms with van der Waals surface area (Å²) < 4.78 is 7.10. The third-order valence-corrected chi connectivity index (χ3v) is 11.7. The highest BCUT2D eigenvalue weighted by atomic mass is 28.4. The molecule has 0 radical (unpaired) electrons. The van der Waals surface area contributed by atoms with Crippen molar-refractivity contribution in [3.05, 3.63) is 96.6 Å². The van der Waals surface area contributed by atoms with E-state index in [1.165, 1.54) is 10.4 Å². The van der Waals surface area contributed by atoms with Crippen molar-refractivity contribution in [1.29, 1.82) is 0 Å². The Kier molecular flexibility index (Phi) is 5.63. The van der Waals surface area contributed by atoms with Crippen molar-refractivity contribution in [1.82, 2.24) is 0 Å². The molecule has 0 amide bonds. The number of carboxylic acid groups (broad SMARTS) is 1. The number of hydrogen-bond acceptors (Lipinski definition) is 2. The SMILES string of the molecule is CC(C)(C)[Si](OC[C@]1(c2ccccc2)C[C@@H]1C(=O)O)(c1ccccc1)c1ccccc1. The lowest BCUT2D eigenvalue weighted by atomic mass is 9.94. The summed E-state index contributed by atoms with van der Waals surface area (Å²) >= 11 is 0. The van der Waals surface area contributed by atoms with Crippen molar-refractivity contribution in [3.8, 4) is 0 Å². The summed E-state index contributed by atoms with van der Waals surface area (Å²) in [7, 11) is -2.71. The predicted molar refractivity (Wildman–Crippen MR) is 127 cm³/mol. The van der Waals surface area contributed by atoms with Crippen LogP contribution < -0.4 is 10.4 Å². The minimum atomic E-state index is -2.71. The number of hydrogen-bond donors (Lipinski definition) is 1. The standard InChI is InChI=1S/C27H30O3Si/c1-26(2,3)31(22-15-9-5-10-16-22,23-17-11-6-12-18-23)30-20-27(19-24(27)25(28)29)21-13-7-4-8-14-21/h4-18,24H,19-20H2,1-3H3,(H,28,29)/t24-,27+/m1/s1. The molecule has 0 aliphatic heterocycles. The van der Waals surface area contributed by atoms with Crippen LogP contribution in [0.2, 0.25) is 5.04 Å². The van der Waals surface area contributed by atoms with Crippen LogP contribution in [0, 0.1) is 5.92 Å². The molecule has 0 aromatic heterocycles. The van der Waals surface area contributed by atoms with Gasteiger partial charge in [-0.15, -0.1) is 0 Å². The van der Waals surface area contributed by atoms with Crippen LogP contribution >= 0.6 is 0 Å². The fraction of sp³-hybridized carbons (Fsp3) is 0.296. The van der Waals surface area contributed by atoms with E-state index in [1.807, 2.05) is 42.5 Å². The van der Waals surface area contributed by atoms with Gasteiger partial charge in [0.05, 0.1) is 5.92 Å². The Morgan fingerprint density at radius 3 is 1.74 bits per heavy atom.